The number of ether oxygens (including phenoxy) is 1. The molecule has 4 nitrogen and oxygen atoms in total. The number of aromatic hydroxyl groups is 1. The van der Waals surface area contributed by atoms with E-state index in [-0.39, 0.29) is 18.1 Å². The second-order valence-corrected chi connectivity index (χ2v) is 3.26. The number of rotatable bonds is 1. The van der Waals surface area contributed by atoms with Gasteiger partial charge < -0.3 is 15.2 Å². The van der Waals surface area contributed by atoms with E-state index in [1.165, 1.54) is 7.11 Å². The van der Waals surface area contributed by atoms with E-state index >= 15 is 0 Å². The lowest BCUT2D eigenvalue weighted by Crippen LogP contribution is -2.17. The first kappa shape index (κ1) is 9.58. The molecule has 2 N–H and O–H groups in total. The molecule has 1 amide bonds. The second kappa shape index (κ2) is 3.65. The maximum absolute atomic E-state index is 11.3. The van der Waals surface area contributed by atoms with E-state index in [1.807, 2.05) is 6.07 Å². The van der Waals surface area contributed by atoms with Gasteiger partial charge in [0, 0.05) is 11.8 Å². The summed E-state index contributed by atoms with van der Waals surface area (Å²) in [4.78, 5) is 11.3. The number of nitrogens with one attached hydrogen (secondary N) is 1. The summed E-state index contributed by atoms with van der Waals surface area (Å²) in [7, 11) is 1.48. The average molecular weight is 205 g/mol. The molecule has 1 heterocycles. The molecule has 0 saturated heterocycles. The van der Waals surface area contributed by atoms with Gasteiger partial charge in [-0.1, -0.05) is 6.07 Å². The van der Waals surface area contributed by atoms with E-state index in [0.29, 0.717) is 11.3 Å². The monoisotopic (exact) mass is 205 g/mol. The van der Waals surface area contributed by atoms with Gasteiger partial charge in [0.1, 0.15) is 0 Å². The van der Waals surface area contributed by atoms with Crippen molar-refractivity contribution >= 4 is 12.0 Å². The van der Waals surface area contributed by atoms with Crippen LogP contribution in [-0.4, -0.2) is 18.1 Å². The summed E-state index contributed by atoms with van der Waals surface area (Å²) in [6.07, 6.45) is 3.48. The van der Waals surface area contributed by atoms with Crippen molar-refractivity contribution in [2.24, 2.45) is 0 Å². The molecule has 0 bridgehead atoms. The number of hydrogen-bond acceptors (Lipinski definition) is 3. The van der Waals surface area contributed by atoms with Gasteiger partial charge in [-0.2, -0.15) is 0 Å². The zero-order chi connectivity index (χ0) is 10.8. The lowest BCUT2D eigenvalue weighted by Gasteiger charge is -2.09. The van der Waals surface area contributed by atoms with Gasteiger partial charge in [0.25, 0.3) is 0 Å². The Kier molecular flexibility index (Phi) is 2.33. The number of amides is 1. The predicted molar refractivity (Wildman–Crippen MR) is 55.5 cm³/mol. The molecule has 1 aromatic rings. The number of carbonyl (C=O) groups excluding carboxylic acids is 1. The summed E-state index contributed by atoms with van der Waals surface area (Å²) in [5.74, 6) is 0.280. The van der Waals surface area contributed by atoms with E-state index in [2.05, 4.69) is 5.32 Å². The number of fused-ring (bicyclic) bond motifs is 1. The normalized spacial score (nSPS) is 14.1. The summed E-state index contributed by atoms with van der Waals surface area (Å²) in [5, 5.41) is 12.4. The highest BCUT2D eigenvalue weighted by Crippen LogP contribution is 2.33. The fraction of sp³-hybridized carbons (Fsp3) is 0.182. The summed E-state index contributed by atoms with van der Waals surface area (Å²) < 4.78 is 4.98. The van der Waals surface area contributed by atoms with Gasteiger partial charge >= 0.3 is 0 Å². The number of carbonyl (C=O) groups is 1. The zero-order valence-electron chi connectivity index (χ0n) is 8.28. The van der Waals surface area contributed by atoms with Gasteiger partial charge in [0.15, 0.2) is 11.5 Å². The van der Waals surface area contributed by atoms with Crippen LogP contribution in [0.4, 0.5) is 0 Å². The van der Waals surface area contributed by atoms with Gasteiger partial charge in [-0.05, 0) is 17.7 Å². The van der Waals surface area contributed by atoms with Crippen LogP contribution in [0.5, 0.6) is 11.5 Å². The molecule has 0 radical (unpaired) electrons. The van der Waals surface area contributed by atoms with Crippen LogP contribution >= 0.6 is 0 Å². The number of hydrogen-bond donors (Lipinski definition) is 2. The molecule has 0 aromatic heterocycles. The van der Waals surface area contributed by atoms with E-state index in [1.54, 1.807) is 18.3 Å². The van der Waals surface area contributed by atoms with Crippen molar-refractivity contribution in [3.05, 3.63) is 29.5 Å². The van der Waals surface area contributed by atoms with Crippen LogP contribution in [-0.2, 0) is 11.2 Å². The zero-order valence-corrected chi connectivity index (χ0v) is 8.28. The van der Waals surface area contributed by atoms with Crippen molar-refractivity contribution in [1.29, 1.82) is 0 Å². The Morgan fingerprint density at radius 2 is 2.27 bits per heavy atom. The highest BCUT2D eigenvalue weighted by atomic mass is 16.5. The van der Waals surface area contributed by atoms with Crippen LogP contribution in [0.3, 0.4) is 0 Å². The Labute approximate surface area is 87.2 Å². The molecule has 0 atom stereocenters. The van der Waals surface area contributed by atoms with Crippen molar-refractivity contribution in [2.45, 2.75) is 6.42 Å². The minimum atomic E-state index is -0.145. The standard InChI is InChI=1S/C11H11NO3/c1-15-9-3-2-7-4-5-12-10(13)6-8(7)11(9)14/h2-5,14H,6H2,1H3,(H,12,13). The first-order valence-corrected chi connectivity index (χ1v) is 4.57. The quantitative estimate of drug-likeness (QED) is 0.720. The number of phenolic OH excluding ortho intramolecular Hbond substituents is 1. The van der Waals surface area contributed by atoms with Gasteiger partial charge in [-0.3, -0.25) is 4.79 Å². The fourth-order valence-corrected chi connectivity index (χ4v) is 1.57. The van der Waals surface area contributed by atoms with Crippen LogP contribution in [0, 0.1) is 0 Å². The number of phenols is 1. The average Bonchev–Trinajstić information content (AvgIpc) is 2.41. The molecule has 1 aliphatic heterocycles. The van der Waals surface area contributed by atoms with Gasteiger partial charge in [0.2, 0.25) is 5.91 Å². The van der Waals surface area contributed by atoms with E-state index in [0.717, 1.165) is 5.56 Å². The molecule has 15 heavy (non-hydrogen) atoms. The SMILES string of the molecule is COc1ccc2c(c1O)CC(=O)NC=C2. The molecule has 0 saturated carbocycles. The third-order valence-corrected chi connectivity index (χ3v) is 2.35. The Morgan fingerprint density at radius 1 is 1.47 bits per heavy atom. The molecule has 1 aliphatic rings. The molecule has 1 aromatic carbocycles. The molecule has 0 spiro atoms. The summed E-state index contributed by atoms with van der Waals surface area (Å²) in [6.45, 7) is 0. The van der Waals surface area contributed by atoms with Crippen molar-refractivity contribution < 1.29 is 14.6 Å². The third-order valence-electron chi connectivity index (χ3n) is 2.35. The maximum Gasteiger partial charge on any atom is 0.228 e. The van der Waals surface area contributed by atoms with Crippen molar-refractivity contribution in [3.8, 4) is 11.5 Å². The Hall–Kier alpha value is -1.97. The van der Waals surface area contributed by atoms with Crippen LogP contribution in [0.1, 0.15) is 11.1 Å². The number of benzene rings is 1. The van der Waals surface area contributed by atoms with E-state index in [9.17, 15) is 9.90 Å². The van der Waals surface area contributed by atoms with Crippen LogP contribution < -0.4 is 10.1 Å². The van der Waals surface area contributed by atoms with Crippen molar-refractivity contribution in [2.75, 3.05) is 7.11 Å². The molecular weight excluding hydrogens is 194 g/mol. The molecule has 0 fully saturated rings. The molecule has 78 valence electrons. The van der Waals surface area contributed by atoms with Gasteiger partial charge in [0.05, 0.1) is 13.5 Å². The van der Waals surface area contributed by atoms with Crippen LogP contribution in [0.2, 0.25) is 0 Å². The fourth-order valence-electron chi connectivity index (χ4n) is 1.57. The first-order valence-electron chi connectivity index (χ1n) is 4.57. The third kappa shape index (κ3) is 1.66. The summed E-state index contributed by atoms with van der Waals surface area (Å²) >= 11 is 0. The van der Waals surface area contributed by atoms with Crippen molar-refractivity contribution in [1.82, 2.24) is 5.32 Å². The topological polar surface area (TPSA) is 58.6 Å². The minimum Gasteiger partial charge on any atom is -0.504 e. The first-order chi connectivity index (χ1) is 7.22. The highest BCUT2D eigenvalue weighted by molar-refractivity contribution is 5.84. The second-order valence-electron chi connectivity index (χ2n) is 3.26. The minimum absolute atomic E-state index is 0.0386. The number of methoxy groups -OCH3 is 1. The molecular formula is C11H11NO3. The van der Waals surface area contributed by atoms with Gasteiger partial charge in [-0.25, -0.2) is 0 Å². The van der Waals surface area contributed by atoms with Crippen molar-refractivity contribution in [3.63, 3.8) is 0 Å². The summed E-state index contributed by atoms with van der Waals surface area (Å²) in [5.41, 5.74) is 1.42. The largest absolute Gasteiger partial charge is 0.504 e. The molecule has 4 heteroatoms. The van der Waals surface area contributed by atoms with E-state index in [4.69, 9.17) is 4.74 Å². The summed E-state index contributed by atoms with van der Waals surface area (Å²) in [6, 6.07) is 3.49. The Bertz CT molecular complexity index is 438. The Morgan fingerprint density at radius 3 is 3.00 bits per heavy atom. The lowest BCUT2D eigenvalue weighted by atomic mass is 10.0. The predicted octanol–water partition coefficient (Wildman–Crippen LogP) is 1.04. The molecule has 0 aliphatic carbocycles. The van der Waals surface area contributed by atoms with Crippen LogP contribution in [0.15, 0.2) is 18.3 Å². The molecule has 2 rings (SSSR count). The Balaban J connectivity index is 2.56. The lowest BCUT2D eigenvalue weighted by molar-refractivity contribution is -0.119. The van der Waals surface area contributed by atoms with E-state index < -0.39 is 0 Å². The maximum atomic E-state index is 11.3. The molecule has 0 unspecified atom stereocenters. The van der Waals surface area contributed by atoms with Crippen LogP contribution in [0.25, 0.3) is 6.08 Å². The van der Waals surface area contributed by atoms with Gasteiger partial charge in [-0.15, -0.1) is 0 Å². The highest BCUT2D eigenvalue weighted by Gasteiger charge is 2.16. The smallest absolute Gasteiger partial charge is 0.228 e.